The summed E-state index contributed by atoms with van der Waals surface area (Å²) < 4.78 is 62.6. The molecule has 0 saturated heterocycles. The summed E-state index contributed by atoms with van der Waals surface area (Å²) >= 11 is 0. The van der Waals surface area contributed by atoms with Crippen molar-refractivity contribution in [1.29, 1.82) is 0 Å². The van der Waals surface area contributed by atoms with E-state index < -0.39 is 44.4 Å². The van der Waals surface area contributed by atoms with Crippen molar-refractivity contribution in [1.82, 2.24) is 9.55 Å². The molecule has 0 aromatic carbocycles. The number of nitrogens with two attached hydrogens (primary N) is 1. The second-order valence-corrected chi connectivity index (χ2v) is 4.05. The van der Waals surface area contributed by atoms with Gasteiger partial charge < -0.3 is 70.6 Å². The number of rotatable bonds is 1. The first-order chi connectivity index (χ1) is 14.6. The van der Waals surface area contributed by atoms with Crippen molar-refractivity contribution in [3.05, 3.63) is 18.2 Å². The molecule has 0 amide bonds. The number of aryl methyl sites for hydroxylation is 1. The normalized spacial score (nSPS) is 8.64. The molecule has 0 radical (unpaired) electrons. The van der Waals surface area contributed by atoms with Crippen molar-refractivity contribution in [3.63, 3.8) is 0 Å². The molecule has 0 saturated carbocycles. The highest BCUT2D eigenvalue weighted by molar-refractivity contribution is 6.32. The average molecular weight is 508 g/mol. The molecule has 15 nitrogen and oxygen atoms in total. The monoisotopic (exact) mass is 509 g/mol. The molecule has 0 aliphatic heterocycles. The Morgan fingerprint density at radius 2 is 0.848 bits per heavy atom. The highest BCUT2D eigenvalue weighted by Crippen LogP contribution is 2.02. The molecule has 27 heteroatoms. The molecular formula is C6H23B6F6N3O12. The van der Waals surface area contributed by atoms with E-state index in [0.29, 0.717) is 0 Å². The molecular weight excluding hydrogens is 485 g/mol. The van der Waals surface area contributed by atoms with Crippen molar-refractivity contribution in [2.24, 2.45) is 12.8 Å². The van der Waals surface area contributed by atoms with Gasteiger partial charge in [0.05, 0.1) is 6.04 Å². The summed E-state index contributed by atoms with van der Waals surface area (Å²) in [7, 11) is -14.1. The van der Waals surface area contributed by atoms with Gasteiger partial charge in [0.2, 0.25) is 0 Å². The maximum Gasteiger partial charge on any atom is 0.674 e. The topological polar surface area (TPSA) is 287 Å². The third kappa shape index (κ3) is 157. The molecule has 1 rings (SSSR count). The Kier molecular flexibility index (Phi) is 45.0. The van der Waals surface area contributed by atoms with Crippen molar-refractivity contribution >= 4 is 44.4 Å². The molecule has 0 spiro atoms. The number of hydrogen-bond donors (Lipinski definition) is 13. The first-order valence-corrected chi connectivity index (χ1v) is 7.35. The van der Waals surface area contributed by atoms with Gasteiger partial charge in [-0.05, 0) is 6.92 Å². The van der Waals surface area contributed by atoms with Crippen LogP contribution in [0.3, 0.4) is 0 Å². The van der Waals surface area contributed by atoms with E-state index in [1.807, 2.05) is 24.7 Å². The summed E-state index contributed by atoms with van der Waals surface area (Å²) in [5.41, 5.74) is 5.58. The van der Waals surface area contributed by atoms with Crippen molar-refractivity contribution in [2.75, 3.05) is 0 Å². The van der Waals surface area contributed by atoms with Crippen LogP contribution in [0.5, 0.6) is 0 Å². The predicted octanol–water partition coefficient (Wildman–Crippen LogP) is -6.01. The van der Waals surface area contributed by atoms with Gasteiger partial charge in [-0.15, -0.1) is 0 Å². The van der Waals surface area contributed by atoms with Crippen molar-refractivity contribution < 1.29 is 86.2 Å². The van der Waals surface area contributed by atoms with Gasteiger partial charge in [0, 0.05) is 19.4 Å². The molecule has 0 aliphatic carbocycles. The molecule has 33 heavy (non-hydrogen) atoms. The molecule has 14 N–H and O–H groups in total. The van der Waals surface area contributed by atoms with Gasteiger partial charge >= 0.3 is 44.4 Å². The summed E-state index contributed by atoms with van der Waals surface area (Å²) in [6, 6.07) is 0.0324. The van der Waals surface area contributed by atoms with Gasteiger partial charge in [0.15, 0.2) is 0 Å². The third-order valence-electron chi connectivity index (χ3n) is 1.27. The molecule has 1 aromatic heterocycles. The lowest BCUT2D eigenvalue weighted by Gasteiger charge is -2.02. The van der Waals surface area contributed by atoms with Gasteiger partial charge in [0.25, 0.3) is 0 Å². The van der Waals surface area contributed by atoms with Gasteiger partial charge in [-0.25, -0.2) is 4.98 Å². The summed E-state index contributed by atoms with van der Waals surface area (Å²) in [5, 5.41) is 83.3. The molecule has 0 fully saturated rings. The van der Waals surface area contributed by atoms with Crippen LogP contribution < -0.4 is 5.73 Å². The van der Waals surface area contributed by atoms with E-state index in [4.69, 9.17) is 66.0 Å². The van der Waals surface area contributed by atoms with E-state index in [-0.39, 0.29) is 6.04 Å². The minimum Gasteiger partial charge on any atom is -0.398 e. The van der Waals surface area contributed by atoms with Crippen LogP contribution in [0.15, 0.2) is 12.4 Å². The average Bonchev–Trinajstić information content (AvgIpc) is 2.89. The Balaban J connectivity index is -0.0000000672. The fourth-order valence-corrected chi connectivity index (χ4v) is 0.816. The van der Waals surface area contributed by atoms with E-state index >= 15 is 0 Å². The molecule has 1 aromatic rings. The number of nitrogens with zero attached hydrogens (tertiary/aromatic N) is 2. The Morgan fingerprint density at radius 1 is 0.667 bits per heavy atom. The van der Waals surface area contributed by atoms with Gasteiger partial charge in [-0.2, -0.15) is 0 Å². The predicted molar refractivity (Wildman–Crippen MR) is 104 cm³/mol. The summed E-state index contributed by atoms with van der Waals surface area (Å²) in [5.74, 6) is 0.926. The second kappa shape index (κ2) is 32.8. The maximum absolute atomic E-state index is 10.1. The van der Waals surface area contributed by atoms with Crippen LogP contribution in [0.4, 0.5) is 25.9 Å². The van der Waals surface area contributed by atoms with Crippen LogP contribution in [0.1, 0.15) is 18.8 Å². The zero-order chi connectivity index (χ0) is 28.3. The second-order valence-electron chi connectivity index (χ2n) is 4.05. The summed E-state index contributed by atoms with van der Waals surface area (Å²) in [6.07, 6.45) is 3.64. The standard InChI is InChI=1S/C6H11N3.6BFH2O2/c1-5(7)6-8-3-4-9(6)2;6*2-1(3)4/h3-5H,7H2,1-2H3;6*3-4H. The maximum atomic E-state index is 10.1. The smallest absolute Gasteiger partial charge is 0.398 e. The number of hydrogen-bond acceptors (Lipinski definition) is 14. The highest BCUT2D eigenvalue weighted by atomic mass is 19.1. The van der Waals surface area contributed by atoms with Crippen LogP contribution in [0.2, 0.25) is 0 Å². The Bertz CT molecular complexity index is 409. The lowest BCUT2D eigenvalue weighted by atomic mass is 10.3. The minimum atomic E-state index is -2.67. The lowest BCUT2D eigenvalue weighted by molar-refractivity contribution is 0.338. The fourth-order valence-electron chi connectivity index (χ4n) is 0.816. The number of aromatic nitrogens is 2. The quantitative estimate of drug-likeness (QED) is 0.124. The van der Waals surface area contributed by atoms with Crippen LogP contribution in [-0.4, -0.2) is 114 Å². The van der Waals surface area contributed by atoms with E-state index in [1.54, 1.807) is 6.20 Å². The van der Waals surface area contributed by atoms with Crippen LogP contribution in [0.25, 0.3) is 0 Å². The van der Waals surface area contributed by atoms with Gasteiger partial charge in [-0.1, -0.05) is 0 Å². The fraction of sp³-hybridized carbons (Fsp3) is 0.500. The minimum absolute atomic E-state index is 0.0324. The highest BCUT2D eigenvalue weighted by Gasteiger charge is 2.02. The Hall–Kier alpha value is -1.34. The molecule has 194 valence electrons. The lowest BCUT2D eigenvalue weighted by Crippen LogP contribution is -2.10. The molecule has 1 atom stereocenters. The van der Waals surface area contributed by atoms with Gasteiger partial charge in [-0.3, -0.25) is 25.9 Å². The van der Waals surface area contributed by atoms with E-state index in [1.165, 1.54) is 0 Å². The van der Waals surface area contributed by atoms with Crippen LogP contribution >= 0.6 is 0 Å². The third-order valence-corrected chi connectivity index (χ3v) is 1.27. The molecule has 0 bridgehead atoms. The Morgan fingerprint density at radius 3 is 0.909 bits per heavy atom. The van der Waals surface area contributed by atoms with E-state index in [0.717, 1.165) is 5.82 Å². The molecule has 1 heterocycles. The first kappa shape index (κ1) is 45.2. The van der Waals surface area contributed by atoms with E-state index in [9.17, 15) is 25.9 Å². The summed E-state index contributed by atoms with van der Waals surface area (Å²) in [4.78, 5) is 4.05. The molecule has 1 unspecified atom stereocenters. The zero-order valence-electron chi connectivity index (χ0n) is 16.8. The van der Waals surface area contributed by atoms with E-state index in [2.05, 4.69) is 4.98 Å². The van der Waals surface area contributed by atoms with Crippen molar-refractivity contribution in [2.45, 2.75) is 13.0 Å². The first-order valence-electron chi connectivity index (χ1n) is 7.35. The number of imidazole rings is 1. The zero-order valence-corrected chi connectivity index (χ0v) is 16.8. The summed E-state index contributed by atoms with van der Waals surface area (Å²) in [6.45, 7) is 1.92. The number of halogens is 6. The Labute approximate surface area is 185 Å². The van der Waals surface area contributed by atoms with Crippen LogP contribution in [0, 0.1) is 0 Å². The molecule has 0 aliphatic rings. The van der Waals surface area contributed by atoms with Gasteiger partial charge in [0.1, 0.15) is 5.82 Å². The van der Waals surface area contributed by atoms with Crippen LogP contribution in [-0.2, 0) is 7.05 Å². The largest absolute Gasteiger partial charge is 0.674 e. The SMILES string of the molecule is CC(N)c1nccn1C.OB(O)F.OB(O)F.OB(O)F.OB(O)F.OB(O)F.OB(O)F. The van der Waals surface area contributed by atoms with Crippen molar-refractivity contribution in [3.8, 4) is 0 Å².